The van der Waals surface area contributed by atoms with Crippen LogP contribution in [0.4, 0.5) is 0 Å². The highest BCUT2D eigenvalue weighted by Gasteiger charge is 2.08. The number of carbonyl (C=O) groups is 2. The van der Waals surface area contributed by atoms with Crippen molar-refractivity contribution in [3.05, 3.63) is 84.2 Å². The third-order valence-corrected chi connectivity index (χ3v) is 3.60. The van der Waals surface area contributed by atoms with Crippen LogP contribution in [0, 0.1) is 0 Å². The average Bonchev–Trinajstić information content (AvgIpc) is 3.25. The third-order valence-electron chi connectivity index (χ3n) is 3.60. The number of hydrazine groups is 1. The van der Waals surface area contributed by atoms with Crippen molar-refractivity contribution in [1.29, 1.82) is 0 Å². The highest BCUT2D eigenvalue weighted by atomic mass is 16.5. The lowest BCUT2D eigenvalue weighted by molar-refractivity contribution is -0.123. The summed E-state index contributed by atoms with van der Waals surface area (Å²) >= 11 is 0. The number of amides is 2. The molecule has 0 aliphatic heterocycles. The van der Waals surface area contributed by atoms with Gasteiger partial charge >= 0.3 is 0 Å². The van der Waals surface area contributed by atoms with Gasteiger partial charge in [-0.15, -0.1) is 0 Å². The van der Waals surface area contributed by atoms with E-state index in [0.29, 0.717) is 23.8 Å². The predicted octanol–water partition coefficient (Wildman–Crippen LogP) is 2.43. The quantitative estimate of drug-likeness (QED) is 0.561. The molecular weight excluding hydrogens is 346 g/mol. The summed E-state index contributed by atoms with van der Waals surface area (Å²) in [6.45, 7) is 0.249. The number of aromatic nitrogens is 1. The zero-order valence-electron chi connectivity index (χ0n) is 14.5. The van der Waals surface area contributed by atoms with Gasteiger partial charge in [0.25, 0.3) is 11.8 Å². The molecule has 0 aliphatic rings. The topological polar surface area (TPSA) is 92.4 Å². The fourth-order valence-electron chi connectivity index (χ4n) is 2.22. The van der Waals surface area contributed by atoms with E-state index in [4.69, 9.17) is 9.47 Å². The fourth-order valence-corrected chi connectivity index (χ4v) is 2.22. The summed E-state index contributed by atoms with van der Waals surface area (Å²) in [5.74, 6) is 0.314. The van der Waals surface area contributed by atoms with E-state index in [2.05, 4.69) is 15.8 Å². The maximum Gasteiger partial charge on any atom is 0.286 e. The molecule has 27 heavy (non-hydrogen) atoms. The molecule has 2 aromatic carbocycles. The first-order valence-electron chi connectivity index (χ1n) is 8.33. The van der Waals surface area contributed by atoms with Crippen LogP contribution in [0.1, 0.15) is 16.1 Å². The number of benzene rings is 2. The highest BCUT2D eigenvalue weighted by Crippen LogP contribution is 2.18. The van der Waals surface area contributed by atoms with Crippen LogP contribution in [-0.4, -0.2) is 23.4 Å². The first-order chi connectivity index (χ1) is 13.2. The first-order valence-corrected chi connectivity index (χ1v) is 8.33. The second kappa shape index (κ2) is 9.10. The first kappa shape index (κ1) is 18.1. The van der Waals surface area contributed by atoms with Crippen LogP contribution in [0.2, 0.25) is 0 Å². The Balaban J connectivity index is 1.39. The van der Waals surface area contributed by atoms with Crippen molar-refractivity contribution < 1.29 is 19.1 Å². The number of carbonyl (C=O) groups excluding carboxylic acids is 2. The van der Waals surface area contributed by atoms with Crippen LogP contribution < -0.4 is 20.3 Å². The summed E-state index contributed by atoms with van der Waals surface area (Å²) in [7, 11) is 0. The van der Waals surface area contributed by atoms with Gasteiger partial charge in [0.05, 0.1) is 0 Å². The Morgan fingerprint density at radius 1 is 0.815 bits per heavy atom. The SMILES string of the molecule is O=C(COc1ccc(OCc2ccccc2)cc1)NNC(=O)c1ccc[nH]1. The van der Waals surface area contributed by atoms with Gasteiger partial charge in [-0.3, -0.25) is 20.4 Å². The molecule has 0 fully saturated rings. The van der Waals surface area contributed by atoms with Crippen LogP contribution in [0.15, 0.2) is 72.9 Å². The molecule has 0 atom stereocenters. The zero-order valence-corrected chi connectivity index (χ0v) is 14.5. The molecule has 3 rings (SSSR count). The highest BCUT2D eigenvalue weighted by molar-refractivity contribution is 5.93. The molecule has 1 heterocycles. The Morgan fingerprint density at radius 2 is 1.52 bits per heavy atom. The molecule has 3 aromatic rings. The maximum absolute atomic E-state index is 11.7. The van der Waals surface area contributed by atoms with Crippen molar-refractivity contribution in [2.24, 2.45) is 0 Å². The van der Waals surface area contributed by atoms with Crippen molar-refractivity contribution in [2.75, 3.05) is 6.61 Å². The minimum Gasteiger partial charge on any atom is -0.489 e. The lowest BCUT2D eigenvalue weighted by Gasteiger charge is -2.09. The van der Waals surface area contributed by atoms with E-state index in [1.54, 1.807) is 42.6 Å². The van der Waals surface area contributed by atoms with E-state index in [1.807, 2.05) is 30.3 Å². The molecule has 0 spiro atoms. The smallest absolute Gasteiger partial charge is 0.286 e. The van der Waals surface area contributed by atoms with Crippen LogP contribution in [-0.2, 0) is 11.4 Å². The summed E-state index contributed by atoms with van der Waals surface area (Å²) in [5, 5.41) is 0. The van der Waals surface area contributed by atoms with Crippen molar-refractivity contribution >= 4 is 11.8 Å². The molecule has 0 bridgehead atoms. The molecule has 0 unspecified atom stereocenters. The summed E-state index contributed by atoms with van der Waals surface area (Å²) in [6.07, 6.45) is 1.62. The number of nitrogens with one attached hydrogen (secondary N) is 3. The summed E-state index contributed by atoms with van der Waals surface area (Å²) in [6, 6.07) is 20.1. The van der Waals surface area contributed by atoms with Gasteiger partial charge in [0, 0.05) is 6.20 Å². The Morgan fingerprint density at radius 3 is 2.19 bits per heavy atom. The molecule has 138 valence electrons. The van der Waals surface area contributed by atoms with Gasteiger partial charge < -0.3 is 14.5 Å². The molecule has 0 radical (unpaired) electrons. The van der Waals surface area contributed by atoms with E-state index in [0.717, 1.165) is 5.56 Å². The van der Waals surface area contributed by atoms with Gasteiger partial charge in [-0.2, -0.15) is 0 Å². The number of ether oxygens (including phenoxy) is 2. The standard InChI is InChI=1S/C20H19N3O4/c24-19(22-23-20(25)18-7-4-12-21-18)14-27-17-10-8-16(9-11-17)26-13-15-5-2-1-3-6-15/h1-12,21H,13-14H2,(H,22,24)(H,23,25). The van der Waals surface area contributed by atoms with E-state index in [9.17, 15) is 9.59 Å². The second-order valence-corrected chi connectivity index (χ2v) is 5.62. The molecule has 0 saturated carbocycles. The normalized spacial score (nSPS) is 10.1. The van der Waals surface area contributed by atoms with Crippen molar-refractivity contribution in [1.82, 2.24) is 15.8 Å². The summed E-state index contributed by atoms with van der Waals surface area (Å²) < 4.78 is 11.1. The van der Waals surface area contributed by atoms with Crippen molar-refractivity contribution in [2.45, 2.75) is 6.61 Å². The van der Waals surface area contributed by atoms with Gasteiger partial charge in [-0.1, -0.05) is 30.3 Å². The van der Waals surface area contributed by atoms with Crippen LogP contribution in [0.5, 0.6) is 11.5 Å². The van der Waals surface area contributed by atoms with Gasteiger partial charge in [0.2, 0.25) is 0 Å². The minimum atomic E-state index is -0.473. The molecule has 2 amide bonds. The Hall–Kier alpha value is -3.74. The monoisotopic (exact) mass is 365 g/mol. The Labute approximate surface area is 156 Å². The van der Waals surface area contributed by atoms with E-state index >= 15 is 0 Å². The van der Waals surface area contributed by atoms with Gasteiger partial charge in [0.15, 0.2) is 6.61 Å². The largest absolute Gasteiger partial charge is 0.489 e. The molecule has 7 heteroatoms. The third kappa shape index (κ3) is 5.64. The van der Waals surface area contributed by atoms with Gasteiger partial charge in [-0.25, -0.2) is 0 Å². The van der Waals surface area contributed by atoms with E-state index in [1.165, 1.54) is 0 Å². The number of H-pyrrole nitrogens is 1. The van der Waals surface area contributed by atoms with E-state index < -0.39 is 11.8 Å². The number of hydrogen-bond acceptors (Lipinski definition) is 4. The zero-order chi connectivity index (χ0) is 18.9. The predicted molar refractivity (Wildman–Crippen MR) is 99.1 cm³/mol. The summed E-state index contributed by atoms with van der Waals surface area (Å²) in [5.41, 5.74) is 6.00. The number of aromatic amines is 1. The molecule has 0 aliphatic carbocycles. The Bertz CT molecular complexity index is 862. The molecule has 1 aromatic heterocycles. The second-order valence-electron chi connectivity index (χ2n) is 5.62. The van der Waals surface area contributed by atoms with E-state index in [-0.39, 0.29) is 6.61 Å². The van der Waals surface area contributed by atoms with Crippen LogP contribution >= 0.6 is 0 Å². The molecular formula is C20H19N3O4. The number of rotatable bonds is 7. The van der Waals surface area contributed by atoms with Gasteiger partial charge in [0.1, 0.15) is 23.8 Å². The average molecular weight is 365 g/mol. The minimum absolute atomic E-state index is 0.227. The van der Waals surface area contributed by atoms with Gasteiger partial charge in [-0.05, 0) is 42.0 Å². The maximum atomic E-state index is 11.7. The fraction of sp³-hybridized carbons (Fsp3) is 0.100. The lowest BCUT2D eigenvalue weighted by Crippen LogP contribution is -2.43. The molecule has 0 saturated heterocycles. The van der Waals surface area contributed by atoms with Crippen LogP contribution in [0.3, 0.4) is 0 Å². The molecule has 3 N–H and O–H groups in total. The molecule has 7 nitrogen and oxygen atoms in total. The summed E-state index contributed by atoms with van der Waals surface area (Å²) in [4.78, 5) is 26.1. The Kier molecular flexibility index (Phi) is 6.08. The van der Waals surface area contributed by atoms with Crippen LogP contribution in [0.25, 0.3) is 0 Å². The van der Waals surface area contributed by atoms with Crippen molar-refractivity contribution in [3.63, 3.8) is 0 Å². The number of hydrogen-bond donors (Lipinski definition) is 3. The lowest BCUT2D eigenvalue weighted by atomic mass is 10.2. The van der Waals surface area contributed by atoms with Crippen molar-refractivity contribution in [3.8, 4) is 11.5 Å².